The van der Waals surface area contributed by atoms with E-state index in [1.165, 1.54) is 11.1 Å². The Morgan fingerprint density at radius 1 is 0.639 bits per heavy atom. The van der Waals surface area contributed by atoms with Crippen LogP contribution in [0.5, 0.6) is 0 Å². The van der Waals surface area contributed by atoms with Crippen molar-refractivity contribution in [2.24, 2.45) is 22.7 Å². The highest BCUT2D eigenvalue weighted by molar-refractivity contribution is 6.40. The molecule has 0 aromatic heterocycles. The first-order valence-electron chi connectivity index (χ1n) is 28.0. The number of allylic oxidation sites excluding steroid dienone is 5. The Hall–Kier alpha value is -5.50. The minimum atomic E-state index is -0.705. The lowest BCUT2D eigenvalue weighted by Gasteiger charge is -2.35. The van der Waals surface area contributed by atoms with Crippen LogP contribution >= 0.6 is 0 Å². The summed E-state index contributed by atoms with van der Waals surface area (Å²) >= 11 is 0. The number of ketones is 1. The van der Waals surface area contributed by atoms with Gasteiger partial charge in [-0.1, -0.05) is 164 Å². The van der Waals surface area contributed by atoms with E-state index in [4.69, 9.17) is 0 Å². The molecule has 0 radical (unpaired) electrons. The highest BCUT2D eigenvalue weighted by Gasteiger charge is 2.37. The summed E-state index contributed by atoms with van der Waals surface area (Å²) in [5.74, 6) is -0.327. The standard InChI is InChI=1S/C64H90N4O4/c1-13-21-25-45(17-5)43-67(49-33-29-47(30-34-49)27-23-15-3)51-37-39-53(55(41-51)65-61(71)63(9,10)19-7)57-59(69)58(60(57)70)54-40-38-52(42-56(54)66-62(72)64(11,12)20-8)68(44-46(18-6)26-22-14-2)50-35-31-48(32-36-50)28-24-16-4/h29-42,45-46H,13-28,43-44H2,1-12H3,(H2,65,66,69,70,71,72). The Labute approximate surface area is 435 Å². The fourth-order valence-electron chi connectivity index (χ4n) is 9.35. The second-order valence-corrected chi connectivity index (χ2v) is 21.8. The molecular weight excluding hydrogens is 889 g/mol. The molecule has 3 aromatic rings. The molecular formula is C64H90N4O4. The Kier molecular flexibility index (Phi) is 21.5. The molecule has 2 aliphatic rings. The number of carbonyl (C=O) groups is 3. The van der Waals surface area contributed by atoms with Crippen LogP contribution < -0.4 is 20.6 Å². The Morgan fingerprint density at radius 3 is 1.69 bits per heavy atom. The molecule has 8 nitrogen and oxygen atoms in total. The number of aryl methyl sites for hydroxylation is 2. The number of rotatable bonds is 28. The van der Waals surface area contributed by atoms with Crippen LogP contribution in [0.4, 0.5) is 22.7 Å². The van der Waals surface area contributed by atoms with Gasteiger partial charge < -0.3 is 20.6 Å². The number of anilines is 3. The van der Waals surface area contributed by atoms with Crippen LogP contribution in [0.25, 0.3) is 5.57 Å². The zero-order chi connectivity index (χ0) is 52.6. The molecule has 8 heteroatoms. The van der Waals surface area contributed by atoms with E-state index in [0.717, 1.165) is 126 Å². The smallest absolute Gasteiger partial charge is 0.230 e. The second-order valence-electron chi connectivity index (χ2n) is 21.8. The third-order valence-electron chi connectivity index (χ3n) is 15.7. The van der Waals surface area contributed by atoms with Gasteiger partial charge in [-0.25, -0.2) is 0 Å². The van der Waals surface area contributed by atoms with Gasteiger partial charge in [0.15, 0.2) is 12.3 Å². The Bertz CT molecular complexity index is 2480. The van der Waals surface area contributed by atoms with Crippen molar-refractivity contribution in [3.8, 4) is 0 Å². The summed E-state index contributed by atoms with van der Waals surface area (Å²) in [5.41, 5.74) is 6.78. The molecule has 3 aromatic carbocycles. The van der Waals surface area contributed by atoms with Crippen LogP contribution in [0.2, 0.25) is 0 Å². The van der Waals surface area contributed by atoms with Crippen LogP contribution in [0.15, 0.2) is 108 Å². The average molecular weight is 979 g/mol. The molecule has 0 bridgehead atoms. The molecule has 0 aliphatic heterocycles. The number of nitrogens with zero attached hydrogens (tertiary/aromatic N) is 2. The zero-order valence-electron chi connectivity index (χ0n) is 46.5. The first-order chi connectivity index (χ1) is 34.5. The number of hydrogen-bond acceptors (Lipinski definition) is 5. The van der Waals surface area contributed by atoms with E-state index in [0.29, 0.717) is 47.2 Å². The lowest BCUT2D eigenvalue weighted by atomic mass is 9.78. The van der Waals surface area contributed by atoms with Crippen molar-refractivity contribution in [2.75, 3.05) is 23.3 Å². The summed E-state index contributed by atoms with van der Waals surface area (Å²) in [6, 6.07) is 23.4. The van der Waals surface area contributed by atoms with Crippen LogP contribution in [0.3, 0.4) is 0 Å². The monoisotopic (exact) mass is 979 g/mol. The van der Waals surface area contributed by atoms with Crippen molar-refractivity contribution in [3.05, 3.63) is 124 Å². The first kappa shape index (κ1) is 57.4. The van der Waals surface area contributed by atoms with Crippen molar-refractivity contribution in [3.63, 3.8) is 0 Å². The van der Waals surface area contributed by atoms with Crippen molar-refractivity contribution < 1.29 is 24.1 Å². The highest BCUT2D eigenvalue weighted by Crippen LogP contribution is 2.44. The van der Waals surface area contributed by atoms with Gasteiger partial charge in [0.05, 0.1) is 11.4 Å². The molecule has 72 heavy (non-hydrogen) atoms. The maximum Gasteiger partial charge on any atom is 0.230 e. The summed E-state index contributed by atoms with van der Waals surface area (Å²) < 4.78 is 2.33. The van der Waals surface area contributed by atoms with E-state index >= 15 is 0 Å². The van der Waals surface area contributed by atoms with Gasteiger partial charge in [0.1, 0.15) is 0 Å². The van der Waals surface area contributed by atoms with E-state index in [-0.39, 0.29) is 23.0 Å². The number of Topliss-reactive ketones (excluding diaryl/α,β-unsaturated/α-hetero) is 1. The molecule has 2 amide bonds. The van der Waals surface area contributed by atoms with Crippen molar-refractivity contribution in [1.82, 2.24) is 5.32 Å². The molecule has 2 N–H and O–H groups in total. The molecule has 0 fully saturated rings. The predicted molar refractivity (Wildman–Crippen MR) is 301 cm³/mol. The van der Waals surface area contributed by atoms with Crippen LogP contribution in [-0.4, -0.2) is 41.0 Å². The van der Waals surface area contributed by atoms with Gasteiger partial charge in [-0.05, 0) is 105 Å². The van der Waals surface area contributed by atoms with E-state index in [1.54, 1.807) is 0 Å². The fraction of sp³-hybridized carbons (Fsp3) is 0.531. The number of hydrogen-bond donors (Lipinski definition) is 2. The molecule has 0 heterocycles. The summed E-state index contributed by atoms with van der Waals surface area (Å²) in [7, 11) is 0. The molecule has 5 rings (SSSR count). The molecule has 2 aliphatic carbocycles. The summed E-state index contributed by atoms with van der Waals surface area (Å²) in [6.45, 7) is 26.6. The van der Waals surface area contributed by atoms with E-state index in [9.17, 15) is 19.5 Å². The number of nitrogens with one attached hydrogen (secondary N) is 2. The largest absolute Gasteiger partial charge is 0.871 e. The molecule has 2 unspecified atom stereocenters. The van der Waals surface area contributed by atoms with Crippen molar-refractivity contribution >= 4 is 51.6 Å². The summed E-state index contributed by atoms with van der Waals surface area (Å²) in [4.78, 5) is 45.4. The minimum Gasteiger partial charge on any atom is -0.871 e. The van der Waals surface area contributed by atoms with Crippen LogP contribution in [-0.2, 0) is 27.2 Å². The molecule has 2 atom stereocenters. The van der Waals surface area contributed by atoms with Gasteiger partial charge in [0.2, 0.25) is 23.2 Å². The maximum absolute atomic E-state index is 14.9. The fourth-order valence-corrected chi connectivity index (χ4v) is 9.35. The Balaban J connectivity index is 1.70. The van der Waals surface area contributed by atoms with E-state index in [2.05, 4.69) is 110 Å². The lowest BCUT2D eigenvalue weighted by Crippen LogP contribution is -2.39. The van der Waals surface area contributed by atoms with Gasteiger partial charge in [0, 0.05) is 81.2 Å². The van der Waals surface area contributed by atoms with E-state index < -0.39 is 22.4 Å². The lowest BCUT2D eigenvalue weighted by molar-refractivity contribution is -0.448. The number of benzene rings is 3. The first-order valence-corrected chi connectivity index (χ1v) is 28.0. The van der Waals surface area contributed by atoms with Crippen LogP contribution in [0, 0.1) is 22.7 Å². The summed E-state index contributed by atoms with van der Waals surface area (Å²) in [6.07, 6.45) is 22.4. The normalized spacial score (nSPS) is 16.6. The SMILES string of the molecule is CCCCc1ccc(N(CC(CC)CCCC)c2ccc(C3=C([O-])/C(=C4C=C/C(=[N+](\CC(CC)CCCC)c5ccc(CCCC)cc5)C=C/4NC(=O)C(C)(C)CC)C3=O)c(NC(=O)C(C)(C)CC)c2)cc1. The predicted octanol–water partition coefficient (Wildman–Crippen LogP) is 15.1. The topological polar surface area (TPSA) is 105 Å². The quantitative estimate of drug-likeness (QED) is 0.0557. The number of carbonyl (C=O) groups excluding carboxylic acids is 3. The molecule has 0 spiro atoms. The minimum absolute atomic E-state index is 0.0316. The summed E-state index contributed by atoms with van der Waals surface area (Å²) in [5, 5.41) is 21.3. The molecule has 0 saturated heterocycles. The third-order valence-corrected chi connectivity index (χ3v) is 15.7. The maximum atomic E-state index is 14.9. The highest BCUT2D eigenvalue weighted by atomic mass is 16.3. The van der Waals surface area contributed by atoms with E-state index in [1.807, 2.05) is 78.0 Å². The van der Waals surface area contributed by atoms with Crippen molar-refractivity contribution in [1.29, 1.82) is 0 Å². The molecule has 390 valence electrons. The van der Waals surface area contributed by atoms with Gasteiger partial charge in [-0.3, -0.25) is 14.4 Å². The van der Waals surface area contributed by atoms with Crippen molar-refractivity contribution in [2.45, 2.75) is 186 Å². The zero-order valence-corrected chi connectivity index (χ0v) is 46.5. The number of amides is 2. The van der Waals surface area contributed by atoms with Gasteiger partial charge >= 0.3 is 0 Å². The second kappa shape index (κ2) is 27.0. The Morgan fingerprint density at radius 2 is 1.17 bits per heavy atom. The van der Waals surface area contributed by atoms with Gasteiger partial charge in [-0.15, -0.1) is 0 Å². The molecule has 0 saturated carbocycles. The average Bonchev–Trinajstić information content (AvgIpc) is 3.39. The third kappa shape index (κ3) is 14.4. The van der Waals surface area contributed by atoms with Crippen LogP contribution in [0.1, 0.15) is 190 Å². The van der Waals surface area contributed by atoms with Gasteiger partial charge in [-0.2, -0.15) is 4.58 Å². The number of unbranched alkanes of at least 4 members (excludes halogenated alkanes) is 4. The van der Waals surface area contributed by atoms with Gasteiger partial charge in [0.25, 0.3) is 0 Å².